The van der Waals surface area contributed by atoms with E-state index in [1.165, 1.54) is 20.1 Å². The first-order valence-corrected chi connectivity index (χ1v) is 11.1. The van der Waals surface area contributed by atoms with Gasteiger partial charge in [-0.15, -0.1) is 0 Å². The molecule has 0 fully saturated rings. The number of methoxy groups -OCH3 is 1. The zero-order chi connectivity index (χ0) is 24.2. The van der Waals surface area contributed by atoms with Crippen molar-refractivity contribution in [3.63, 3.8) is 0 Å². The maximum Gasteiger partial charge on any atom is 0.330 e. The number of fused-ring (bicyclic) bond motifs is 1. The molecule has 0 spiro atoms. The molecule has 4 aromatic rings. The van der Waals surface area contributed by atoms with Crippen molar-refractivity contribution in [3.8, 4) is 11.1 Å². The molecule has 0 bridgehead atoms. The van der Waals surface area contributed by atoms with E-state index in [4.69, 9.17) is 11.6 Å². The number of hydrogen-bond acceptors (Lipinski definition) is 4. The fraction of sp³-hybridized carbons (Fsp3) is 0.148. The summed E-state index contributed by atoms with van der Waals surface area (Å²) < 4.78 is 6.47. The van der Waals surface area contributed by atoms with Crippen LogP contribution >= 0.6 is 11.6 Å². The standard InChI is InChI=1S/C27H24ClN3O3/c1-18(32)31(24-6-4-5-19(13-24)7-12-27(33)34-3)17-22-9-8-21(15-25(22)28)20-10-11-26-23(14-20)16-29-30(26)2/h4-16H,17H2,1-3H3/b12-7+. The summed E-state index contributed by atoms with van der Waals surface area (Å²) in [6.07, 6.45) is 4.83. The van der Waals surface area contributed by atoms with Crippen LogP contribution < -0.4 is 4.90 Å². The van der Waals surface area contributed by atoms with E-state index in [1.54, 1.807) is 11.0 Å². The van der Waals surface area contributed by atoms with Crippen molar-refractivity contribution in [2.45, 2.75) is 13.5 Å². The molecule has 1 amide bonds. The lowest BCUT2D eigenvalue weighted by molar-refractivity contribution is -0.134. The fourth-order valence-corrected chi connectivity index (χ4v) is 4.02. The number of ether oxygens (including phenoxy) is 1. The third kappa shape index (κ3) is 5.02. The number of nitrogens with zero attached hydrogens (tertiary/aromatic N) is 3. The van der Waals surface area contributed by atoms with Crippen molar-refractivity contribution in [3.05, 3.63) is 89.1 Å². The zero-order valence-electron chi connectivity index (χ0n) is 19.2. The van der Waals surface area contributed by atoms with Gasteiger partial charge in [-0.2, -0.15) is 5.10 Å². The van der Waals surface area contributed by atoms with E-state index >= 15 is 0 Å². The lowest BCUT2D eigenvalue weighted by atomic mass is 10.0. The number of amides is 1. The van der Waals surface area contributed by atoms with Gasteiger partial charge in [-0.25, -0.2) is 4.79 Å². The van der Waals surface area contributed by atoms with Crippen LogP contribution in [0.5, 0.6) is 0 Å². The van der Waals surface area contributed by atoms with Crippen molar-refractivity contribution in [2.24, 2.45) is 7.05 Å². The van der Waals surface area contributed by atoms with E-state index in [2.05, 4.69) is 15.9 Å². The lowest BCUT2D eigenvalue weighted by Gasteiger charge is -2.22. The number of halogens is 1. The minimum atomic E-state index is -0.441. The molecule has 34 heavy (non-hydrogen) atoms. The monoisotopic (exact) mass is 473 g/mol. The molecule has 0 N–H and O–H groups in total. The number of benzene rings is 3. The number of carbonyl (C=O) groups is 2. The van der Waals surface area contributed by atoms with E-state index in [-0.39, 0.29) is 5.91 Å². The molecule has 1 heterocycles. The summed E-state index contributed by atoms with van der Waals surface area (Å²) in [6, 6.07) is 19.4. The predicted octanol–water partition coefficient (Wildman–Crippen LogP) is 5.63. The number of hydrogen-bond donors (Lipinski definition) is 0. The highest BCUT2D eigenvalue weighted by Gasteiger charge is 2.15. The van der Waals surface area contributed by atoms with Crippen molar-refractivity contribution >= 4 is 46.1 Å². The number of carbonyl (C=O) groups excluding carboxylic acids is 2. The number of anilines is 1. The molecule has 172 valence electrons. The van der Waals surface area contributed by atoms with Crippen LogP contribution in [-0.4, -0.2) is 28.8 Å². The van der Waals surface area contributed by atoms with Gasteiger partial charge < -0.3 is 9.64 Å². The predicted molar refractivity (Wildman–Crippen MR) is 136 cm³/mol. The molecule has 7 heteroatoms. The fourth-order valence-electron chi connectivity index (χ4n) is 3.78. The van der Waals surface area contributed by atoms with Gasteiger partial charge in [0.25, 0.3) is 0 Å². The molecule has 0 saturated carbocycles. The van der Waals surface area contributed by atoms with Gasteiger partial charge in [-0.3, -0.25) is 9.48 Å². The van der Waals surface area contributed by atoms with Crippen LogP contribution in [0.3, 0.4) is 0 Å². The first-order chi connectivity index (χ1) is 16.4. The van der Waals surface area contributed by atoms with Gasteiger partial charge in [0.1, 0.15) is 0 Å². The lowest BCUT2D eigenvalue weighted by Crippen LogP contribution is -2.28. The zero-order valence-corrected chi connectivity index (χ0v) is 19.9. The van der Waals surface area contributed by atoms with E-state index in [1.807, 2.05) is 72.5 Å². The van der Waals surface area contributed by atoms with Crippen LogP contribution in [-0.2, 0) is 27.9 Å². The highest BCUT2D eigenvalue weighted by atomic mass is 35.5. The van der Waals surface area contributed by atoms with Gasteiger partial charge in [0, 0.05) is 36.1 Å². The summed E-state index contributed by atoms with van der Waals surface area (Å²) in [7, 11) is 3.24. The molecule has 0 aliphatic rings. The summed E-state index contributed by atoms with van der Waals surface area (Å²) in [6.45, 7) is 1.84. The molecule has 0 aliphatic carbocycles. The van der Waals surface area contributed by atoms with Gasteiger partial charge in [0.05, 0.1) is 25.4 Å². The molecule has 4 rings (SSSR count). The van der Waals surface area contributed by atoms with Crippen LogP contribution in [0.4, 0.5) is 5.69 Å². The molecule has 6 nitrogen and oxygen atoms in total. The van der Waals surface area contributed by atoms with Crippen LogP contribution in [0.1, 0.15) is 18.1 Å². The molecule has 0 saturated heterocycles. The Kier molecular flexibility index (Phi) is 6.80. The molecule has 0 unspecified atom stereocenters. The SMILES string of the molecule is COC(=O)/C=C/c1cccc(N(Cc2ccc(-c3ccc4c(cnn4C)c3)cc2Cl)C(C)=O)c1. The first kappa shape index (κ1) is 23.3. The smallest absolute Gasteiger partial charge is 0.330 e. The van der Waals surface area contributed by atoms with E-state index in [0.717, 1.165) is 33.2 Å². The van der Waals surface area contributed by atoms with Gasteiger partial charge in [0.15, 0.2) is 0 Å². The van der Waals surface area contributed by atoms with Crippen molar-refractivity contribution < 1.29 is 14.3 Å². The normalized spacial score (nSPS) is 11.2. The van der Waals surface area contributed by atoms with E-state index in [9.17, 15) is 9.59 Å². The largest absolute Gasteiger partial charge is 0.466 e. The molecule has 3 aromatic carbocycles. The Labute approximate surface area is 203 Å². The molecule has 0 radical (unpaired) electrons. The second-order valence-corrected chi connectivity index (χ2v) is 8.31. The Morgan fingerprint density at radius 1 is 1.09 bits per heavy atom. The number of esters is 1. The van der Waals surface area contributed by atoms with Gasteiger partial charge in [0.2, 0.25) is 5.91 Å². The maximum atomic E-state index is 12.5. The maximum absolute atomic E-state index is 12.5. The number of rotatable bonds is 6. The number of aryl methyl sites for hydroxylation is 1. The number of aromatic nitrogens is 2. The van der Waals surface area contributed by atoms with E-state index < -0.39 is 5.97 Å². The molecular formula is C27H24ClN3O3. The highest BCUT2D eigenvalue weighted by molar-refractivity contribution is 6.31. The van der Waals surface area contributed by atoms with Gasteiger partial charge >= 0.3 is 5.97 Å². The molecule has 0 atom stereocenters. The van der Waals surface area contributed by atoms with Crippen LogP contribution in [0.2, 0.25) is 5.02 Å². The summed E-state index contributed by atoms with van der Waals surface area (Å²) in [5.41, 5.74) is 5.42. The third-order valence-electron chi connectivity index (χ3n) is 5.64. The Hall–Kier alpha value is -3.90. The second kappa shape index (κ2) is 9.93. The minimum absolute atomic E-state index is 0.115. The average molecular weight is 474 g/mol. The van der Waals surface area contributed by atoms with Crippen molar-refractivity contribution in [1.29, 1.82) is 0 Å². The highest BCUT2D eigenvalue weighted by Crippen LogP contribution is 2.30. The Bertz CT molecular complexity index is 1410. The van der Waals surface area contributed by atoms with Crippen LogP contribution in [0.15, 0.2) is 72.9 Å². The van der Waals surface area contributed by atoms with Gasteiger partial charge in [-0.1, -0.05) is 41.9 Å². The summed E-state index contributed by atoms with van der Waals surface area (Å²) in [5, 5.41) is 5.94. The first-order valence-electron chi connectivity index (χ1n) is 10.7. The van der Waals surface area contributed by atoms with Crippen LogP contribution in [0, 0.1) is 0 Å². The third-order valence-corrected chi connectivity index (χ3v) is 5.99. The Morgan fingerprint density at radius 2 is 1.85 bits per heavy atom. The minimum Gasteiger partial charge on any atom is -0.466 e. The molecule has 1 aromatic heterocycles. The topological polar surface area (TPSA) is 64.4 Å². The average Bonchev–Trinajstić information content (AvgIpc) is 3.21. The van der Waals surface area contributed by atoms with Crippen molar-refractivity contribution in [2.75, 3.05) is 12.0 Å². The van der Waals surface area contributed by atoms with Gasteiger partial charge in [-0.05, 0) is 58.7 Å². The van der Waals surface area contributed by atoms with Crippen molar-refractivity contribution in [1.82, 2.24) is 9.78 Å². The molecular weight excluding hydrogens is 450 g/mol. The van der Waals surface area contributed by atoms with E-state index in [0.29, 0.717) is 17.3 Å². The molecule has 0 aliphatic heterocycles. The van der Waals surface area contributed by atoms with Crippen LogP contribution in [0.25, 0.3) is 28.1 Å². The summed E-state index contributed by atoms with van der Waals surface area (Å²) in [4.78, 5) is 25.5. The summed E-state index contributed by atoms with van der Waals surface area (Å²) in [5.74, 6) is -0.556. The quantitative estimate of drug-likeness (QED) is 0.269. The Morgan fingerprint density at radius 3 is 2.59 bits per heavy atom. The second-order valence-electron chi connectivity index (χ2n) is 7.90. The Balaban J connectivity index is 1.59. The summed E-state index contributed by atoms with van der Waals surface area (Å²) >= 11 is 6.65.